The van der Waals surface area contributed by atoms with Gasteiger partial charge in [-0.1, -0.05) is 44.2 Å². The van der Waals surface area contributed by atoms with Crippen LogP contribution in [0.5, 0.6) is 0 Å². The molecule has 0 fully saturated rings. The number of amides is 4. The normalized spacial score (nSPS) is 13.5. The van der Waals surface area contributed by atoms with Crippen LogP contribution in [-0.2, 0) is 20.8 Å². The number of hydrogen-bond acceptors (Lipinski definition) is 7. The summed E-state index contributed by atoms with van der Waals surface area (Å²) in [4.78, 5) is 58.8. The van der Waals surface area contributed by atoms with Crippen molar-refractivity contribution in [3.8, 4) is 0 Å². The van der Waals surface area contributed by atoms with Gasteiger partial charge in [-0.15, -0.1) is 0 Å². The minimum absolute atomic E-state index is 0.0263. The van der Waals surface area contributed by atoms with Crippen molar-refractivity contribution >= 4 is 35.7 Å². The Labute approximate surface area is 251 Å². The van der Waals surface area contributed by atoms with Gasteiger partial charge < -0.3 is 54.4 Å². The van der Waals surface area contributed by atoms with Crippen LogP contribution in [0.1, 0.15) is 45.1 Å². The second-order valence-corrected chi connectivity index (χ2v) is 10.3. The number of nitrogens with two attached hydrogens (primary N) is 4. The monoisotopic (exact) mass is 606 g/mol. The standard InChI is InChI=1S/C27H46N10O6/c1-16(2)21(23(40)34-18(15-38)10-6-12-32-25(28)29)37-22(39)19(11-7-13-33-26(30)31)35-27(43)36-20(24(41)42)14-17-8-4-3-5-9-17/h3-5,8-9,16,18-21,38H,6-7,10-15H2,1-2H3,(H,34,40)(H,37,39)(H,41,42)(H4,28,29,32)(H4,30,31,33)(H2,35,36,43). The Balaban J connectivity index is 2.97. The van der Waals surface area contributed by atoms with E-state index in [4.69, 9.17) is 22.9 Å². The molecule has 1 aromatic rings. The van der Waals surface area contributed by atoms with Crippen molar-refractivity contribution in [1.82, 2.24) is 21.3 Å². The maximum Gasteiger partial charge on any atom is 0.326 e. The smallest absolute Gasteiger partial charge is 0.326 e. The molecule has 240 valence electrons. The van der Waals surface area contributed by atoms with E-state index in [2.05, 4.69) is 31.3 Å². The number of carboxylic acid groups (broad SMARTS) is 1. The van der Waals surface area contributed by atoms with Crippen molar-refractivity contribution in [2.45, 2.75) is 70.1 Å². The molecule has 0 radical (unpaired) electrons. The third-order valence-corrected chi connectivity index (χ3v) is 6.27. The molecule has 16 heteroatoms. The summed E-state index contributed by atoms with van der Waals surface area (Å²) in [6, 6.07) is 3.86. The molecule has 0 aliphatic rings. The third kappa shape index (κ3) is 15.3. The van der Waals surface area contributed by atoms with E-state index in [1.807, 2.05) is 0 Å². The number of aliphatic hydroxyl groups excluding tert-OH is 1. The lowest BCUT2D eigenvalue weighted by atomic mass is 10.0. The van der Waals surface area contributed by atoms with Gasteiger partial charge in [-0.3, -0.25) is 19.6 Å². The van der Waals surface area contributed by atoms with Crippen LogP contribution in [0.15, 0.2) is 40.3 Å². The highest BCUT2D eigenvalue weighted by molar-refractivity contribution is 5.92. The molecule has 14 N–H and O–H groups in total. The number of nitrogens with one attached hydrogen (secondary N) is 4. The minimum atomic E-state index is -1.26. The van der Waals surface area contributed by atoms with Crippen LogP contribution in [0.2, 0.25) is 0 Å². The van der Waals surface area contributed by atoms with Gasteiger partial charge in [0.1, 0.15) is 18.1 Å². The number of nitrogens with zero attached hydrogens (tertiary/aromatic N) is 2. The summed E-state index contributed by atoms with van der Waals surface area (Å²) in [5.41, 5.74) is 22.1. The van der Waals surface area contributed by atoms with E-state index in [1.165, 1.54) is 0 Å². The average Bonchev–Trinajstić information content (AvgIpc) is 2.94. The van der Waals surface area contributed by atoms with Gasteiger partial charge in [-0.2, -0.15) is 0 Å². The van der Waals surface area contributed by atoms with E-state index < -0.39 is 48.0 Å². The van der Waals surface area contributed by atoms with E-state index in [0.717, 1.165) is 0 Å². The largest absolute Gasteiger partial charge is 0.480 e. The highest BCUT2D eigenvalue weighted by Gasteiger charge is 2.30. The number of rotatable bonds is 19. The Morgan fingerprint density at radius 2 is 1.35 bits per heavy atom. The van der Waals surface area contributed by atoms with Crippen molar-refractivity contribution in [3.05, 3.63) is 35.9 Å². The first kappa shape index (κ1) is 36.4. The van der Waals surface area contributed by atoms with Crippen molar-refractivity contribution in [3.63, 3.8) is 0 Å². The lowest BCUT2D eigenvalue weighted by Crippen LogP contribution is -2.58. The molecule has 0 aromatic heterocycles. The summed E-state index contributed by atoms with van der Waals surface area (Å²) in [5.74, 6) is -3.00. The predicted octanol–water partition coefficient (Wildman–Crippen LogP) is -1.92. The number of aliphatic hydroxyl groups is 1. The van der Waals surface area contributed by atoms with Crippen molar-refractivity contribution in [2.24, 2.45) is 38.8 Å². The molecule has 4 atom stereocenters. The van der Waals surface area contributed by atoms with Crippen LogP contribution in [0.4, 0.5) is 4.79 Å². The Kier molecular flexibility index (Phi) is 16.5. The molecule has 0 aliphatic heterocycles. The zero-order valence-electron chi connectivity index (χ0n) is 24.7. The van der Waals surface area contributed by atoms with Crippen LogP contribution in [0, 0.1) is 5.92 Å². The Hall–Kier alpha value is -4.60. The number of carbonyl (C=O) groups is 4. The predicted molar refractivity (Wildman–Crippen MR) is 163 cm³/mol. The van der Waals surface area contributed by atoms with E-state index in [-0.39, 0.29) is 43.8 Å². The van der Waals surface area contributed by atoms with Crippen LogP contribution in [0.25, 0.3) is 0 Å². The number of carboxylic acids is 1. The molecule has 16 nitrogen and oxygen atoms in total. The molecule has 0 spiro atoms. The molecule has 0 saturated carbocycles. The molecule has 0 heterocycles. The lowest BCUT2D eigenvalue weighted by Gasteiger charge is -2.27. The molecular weight excluding hydrogens is 560 g/mol. The zero-order valence-corrected chi connectivity index (χ0v) is 24.7. The summed E-state index contributed by atoms with van der Waals surface area (Å²) in [5, 5.41) is 29.7. The summed E-state index contributed by atoms with van der Waals surface area (Å²) < 4.78 is 0. The van der Waals surface area contributed by atoms with Crippen LogP contribution < -0.4 is 44.2 Å². The maximum atomic E-state index is 13.3. The van der Waals surface area contributed by atoms with Crippen LogP contribution in [0.3, 0.4) is 0 Å². The second-order valence-electron chi connectivity index (χ2n) is 10.3. The SMILES string of the molecule is CC(C)C(NC(=O)C(CCCN=C(N)N)NC(=O)NC(Cc1ccccc1)C(=O)O)C(=O)NC(CO)CCCN=C(N)N. The quantitative estimate of drug-likeness (QED) is 0.0473. The lowest BCUT2D eigenvalue weighted by molar-refractivity contribution is -0.139. The Morgan fingerprint density at radius 3 is 1.86 bits per heavy atom. The van der Waals surface area contributed by atoms with Crippen molar-refractivity contribution in [1.29, 1.82) is 0 Å². The summed E-state index contributed by atoms with van der Waals surface area (Å²) in [6.45, 7) is 3.61. The highest BCUT2D eigenvalue weighted by atomic mass is 16.4. The van der Waals surface area contributed by atoms with E-state index >= 15 is 0 Å². The van der Waals surface area contributed by atoms with Gasteiger partial charge in [0.05, 0.1) is 12.6 Å². The van der Waals surface area contributed by atoms with E-state index in [1.54, 1.807) is 44.2 Å². The molecule has 0 bridgehead atoms. The van der Waals surface area contributed by atoms with Gasteiger partial charge in [0, 0.05) is 19.5 Å². The number of benzene rings is 1. The first-order chi connectivity index (χ1) is 20.3. The molecule has 0 saturated heterocycles. The van der Waals surface area contributed by atoms with Crippen LogP contribution >= 0.6 is 0 Å². The topological polar surface area (TPSA) is 286 Å². The Bertz CT molecular complexity index is 1090. The van der Waals surface area contributed by atoms with Gasteiger partial charge in [0.2, 0.25) is 11.8 Å². The number of hydrogen-bond donors (Lipinski definition) is 10. The average molecular weight is 607 g/mol. The number of aliphatic carboxylic acids is 1. The minimum Gasteiger partial charge on any atom is -0.480 e. The Morgan fingerprint density at radius 1 is 0.791 bits per heavy atom. The van der Waals surface area contributed by atoms with Gasteiger partial charge in [-0.25, -0.2) is 9.59 Å². The van der Waals surface area contributed by atoms with Gasteiger partial charge >= 0.3 is 12.0 Å². The molecule has 43 heavy (non-hydrogen) atoms. The number of guanidine groups is 2. The third-order valence-electron chi connectivity index (χ3n) is 6.27. The molecule has 0 aliphatic carbocycles. The molecule has 1 rings (SSSR count). The highest BCUT2D eigenvalue weighted by Crippen LogP contribution is 2.08. The number of aliphatic imine (C=N–C) groups is 2. The fourth-order valence-electron chi connectivity index (χ4n) is 4.02. The van der Waals surface area contributed by atoms with Gasteiger partial charge in [0.15, 0.2) is 11.9 Å². The van der Waals surface area contributed by atoms with Crippen molar-refractivity contribution in [2.75, 3.05) is 19.7 Å². The van der Waals surface area contributed by atoms with E-state index in [0.29, 0.717) is 31.4 Å². The summed E-state index contributed by atoms with van der Waals surface area (Å²) in [7, 11) is 0. The molecule has 4 unspecified atom stereocenters. The number of carbonyl (C=O) groups excluding carboxylic acids is 3. The fraction of sp³-hybridized carbons (Fsp3) is 0.556. The molecule has 4 amide bonds. The fourth-order valence-corrected chi connectivity index (χ4v) is 4.02. The van der Waals surface area contributed by atoms with Crippen molar-refractivity contribution < 1.29 is 29.4 Å². The van der Waals surface area contributed by atoms with Crippen LogP contribution in [-0.4, -0.2) is 89.8 Å². The van der Waals surface area contributed by atoms with Gasteiger partial charge in [0.25, 0.3) is 0 Å². The zero-order chi connectivity index (χ0) is 32.4. The summed E-state index contributed by atoms with van der Waals surface area (Å²) >= 11 is 0. The molecular formula is C27H46N10O6. The summed E-state index contributed by atoms with van der Waals surface area (Å²) in [6.07, 6.45) is 1.30. The number of urea groups is 1. The second kappa shape index (κ2) is 19.5. The van der Waals surface area contributed by atoms with Gasteiger partial charge in [-0.05, 0) is 37.2 Å². The first-order valence-corrected chi connectivity index (χ1v) is 14.0. The molecule has 1 aromatic carbocycles. The first-order valence-electron chi connectivity index (χ1n) is 14.0. The van der Waals surface area contributed by atoms with E-state index in [9.17, 15) is 29.4 Å². The maximum absolute atomic E-state index is 13.3.